The number of hydrazone groups is 1. The number of carbonyl (C=O) groups is 2. The maximum absolute atomic E-state index is 13.2. The van der Waals surface area contributed by atoms with Gasteiger partial charge >= 0.3 is 0 Å². The van der Waals surface area contributed by atoms with E-state index in [0.29, 0.717) is 34.9 Å². The molecular weight excluding hydrogens is 442 g/mol. The van der Waals surface area contributed by atoms with E-state index in [2.05, 4.69) is 28.2 Å². The number of amides is 2. The second kappa shape index (κ2) is 12.0. The van der Waals surface area contributed by atoms with E-state index in [0.717, 1.165) is 18.5 Å². The second-order valence-electron chi connectivity index (χ2n) is 7.58. The Kier molecular flexibility index (Phi) is 8.57. The highest BCUT2D eigenvalue weighted by Crippen LogP contribution is 2.36. The predicted octanol–water partition coefficient (Wildman–Crippen LogP) is 4.29. The molecule has 1 N–H and O–H groups in total. The van der Waals surface area contributed by atoms with Gasteiger partial charge in [0.2, 0.25) is 6.41 Å². The molecule has 2 amide bonds. The van der Waals surface area contributed by atoms with Crippen LogP contribution in [-0.4, -0.2) is 49.2 Å². The van der Waals surface area contributed by atoms with E-state index in [-0.39, 0.29) is 5.56 Å². The van der Waals surface area contributed by atoms with Gasteiger partial charge in [0.15, 0.2) is 0 Å². The van der Waals surface area contributed by atoms with Crippen LogP contribution in [-0.2, 0) is 4.79 Å². The molecule has 1 heterocycles. The number of hydrogen-bond acceptors (Lipinski definition) is 6. The van der Waals surface area contributed by atoms with Gasteiger partial charge in [-0.1, -0.05) is 31.0 Å². The molecule has 3 rings (SSSR count). The Morgan fingerprint density at radius 1 is 1.20 bits per heavy atom. The molecule has 178 valence electrons. The van der Waals surface area contributed by atoms with Gasteiger partial charge in [0.1, 0.15) is 17.3 Å². The summed E-state index contributed by atoms with van der Waals surface area (Å²) in [6.07, 6.45) is 10.3. The van der Waals surface area contributed by atoms with Crippen molar-refractivity contribution in [3.63, 3.8) is 0 Å². The molecule has 0 radical (unpaired) electrons. The molecule has 8 nitrogen and oxygen atoms in total. The molecule has 1 aromatic heterocycles. The highest BCUT2D eigenvalue weighted by Gasteiger charge is 2.22. The molecule has 0 unspecified atom stereocenters. The number of hydrogen-bond donors (Lipinski definition) is 1. The van der Waals surface area contributed by atoms with Crippen molar-refractivity contribution >= 4 is 35.7 Å². The van der Waals surface area contributed by atoms with Crippen molar-refractivity contribution in [3.05, 3.63) is 77.5 Å². The zero-order valence-corrected chi connectivity index (χ0v) is 19.9. The predicted molar refractivity (Wildman–Crippen MR) is 138 cm³/mol. The average Bonchev–Trinajstić information content (AvgIpc) is 2.89. The van der Waals surface area contributed by atoms with E-state index in [1.54, 1.807) is 48.7 Å². The van der Waals surface area contributed by atoms with Crippen molar-refractivity contribution in [1.82, 2.24) is 9.99 Å². The number of ether oxygens (including phenoxy) is 1. The molecule has 0 bridgehead atoms. The van der Waals surface area contributed by atoms with Gasteiger partial charge in [-0.15, -0.1) is 6.42 Å². The number of aromatic nitrogens is 1. The van der Waals surface area contributed by atoms with Gasteiger partial charge in [-0.25, -0.2) is 4.98 Å². The quantitative estimate of drug-likeness (QED) is 0.207. The van der Waals surface area contributed by atoms with Crippen molar-refractivity contribution in [2.24, 2.45) is 5.10 Å². The summed E-state index contributed by atoms with van der Waals surface area (Å²) in [5, 5.41) is 8.99. The first-order valence-electron chi connectivity index (χ1n) is 11.0. The Labute approximate surface area is 205 Å². The summed E-state index contributed by atoms with van der Waals surface area (Å²) in [6, 6.07) is 15.5. The van der Waals surface area contributed by atoms with Crippen molar-refractivity contribution in [2.45, 2.75) is 13.3 Å². The van der Waals surface area contributed by atoms with Crippen LogP contribution in [0.3, 0.4) is 0 Å². The fraction of sp³-hybridized carbons (Fsp3) is 0.185. The van der Waals surface area contributed by atoms with Gasteiger partial charge in [-0.3, -0.25) is 14.5 Å². The van der Waals surface area contributed by atoms with Crippen LogP contribution in [0, 0.1) is 12.3 Å². The Bertz CT molecular complexity index is 1230. The number of rotatable bonds is 10. The zero-order chi connectivity index (χ0) is 25.2. The largest absolute Gasteiger partial charge is 0.495 e. The monoisotopic (exact) mass is 469 g/mol. The third-order valence-electron chi connectivity index (χ3n) is 5.10. The fourth-order valence-corrected chi connectivity index (χ4v) is 3.37. The van der Waals surface area contributed by atoms with Crippen LogP contribution < -0.4 is 15.0 Å². The average molecular weight is 470 g/mol. The standard InChI is InChI=1S/C27H27N5O3/c1-5-16-31(3)29-18-21-10-13-22(14-11-21)32(19-33)26-23(8-7-9-24(26)35-4)27(34)30-25-15-12-20(6-2)17-28-25/h2,7-15,17-19H,5,16H2,1,3-4H3,(H,28,30,34). The minimum absolute atomic E-state index is 0.242. The fourth-order valence-electron chi connectivity index (χ4n) is 3.37. The molecule has 0 saturated heterocycles. The Morgan fingerprint density at radius 3 is 2.57 bits per heavy atom. The minimum atomic E-state index is -0.450. The van der Waals surface area contributed by atoms with Crippen LogP contribution in [0.25, 0.3) is 0 Å². The highest BCUT2D eigenvalue weighted by atomic mass is 16.5. The molecule has 35 heavy (non-hydrogen) atoms. The molecule has 0 aliphatic carbocycles. The first-order valence-corrected chi connectivity index (χ1v) is 11.0. The van der Waals surface area contributed by atoms with Gasteiger partial charge in [0.05, 0.1) is 18.9 Å². The number of benzene rings is 2. The maximum atomic E-state index is 13.2. The Morgan fingerprint density at radius 2 is 1.97 bits per heavy atom. The first kappa shape index (κ1) is 25.0. The second-order valence-corrected chi connectivity index (χ2v) is 7.58. The molecule has 0 spiro atoms. The van der Waals surface area contributed by atoms with Crippen molar-refractivity contribution in [2.75, 3.05) is 30.9 Å². The third kappa shape index (κ3) is 6.24. The lowest BCUT2D eigenvalue weighted by atomic mass is 10.1. The lowest BCUT2D eigenvalue weighted by molar-refractivity contribution is -0.106. The van der Waals surface area contributed by atoms with E-state index < -0.39 is 5.91 Å². The van der Waals surface area contributed by atoms with E-state index in [1.807, 2.05) is 24.2 Å². The highest BCUT2D eigenvalue weighted by molar-refractivity contribution is 6.11. The third-order valence-corrected chi connectivity index (χ3v) is 5.10. The van der Waals surface area contributed by atoms with Crippen LogP contribution in [0.1, 0.15) is 34.8 Å². The number of nitrogens with zero attached hydrogens (tertiary/aromatic N) is 4. The Balaban J connectivity index is 1.92. The molecule has 3 aromatic rings. The van der Waals surface area contributed by atoms with E-state index >= 15 is 0 Å². The Hall–Kier alpha value is -4.64. The maximum Gasteiger partial charge on any atom is 0.259 e. The van der Waals surface area contributed by atoms with E-state index in [4.69, 9.17) is 11.2 Å². The molecular formula is C27H27N5O3. The van der Waals surface area contributed by atoms with Crippen molar-refractivity contribution < 1.29 is 14.3 Å². The summed E-state index contributed by atoms with van der Waals surface area (Å²) < 4.78 is 5.49. The van der Waals surface area contributed by atoms with Gasteiger partial charge in [0.25, 0.3) is 5.91 Å². The summed E-state index contributed by atoms with van der Waals surface area (Å²) in [5.41, 5.74) is 2.59. The first-order chi connectivity index (χ1) is 17.0. The number of para-hydroxylation sites is 1. The van der Waals surface area contributed by atoms with Crippen LogP contribution in [0.5, 0.6) is 5.75 Å². The lowest BCUT2D eigenvalue weighted by Crippen LogP contribution is -2.21. The van der Waals surface area contributed by atoms with Crippen molar-refractivity contribution in [1.29, 1.82) is 0 Å². The van der Waals surface area contributed by atoms with Crippen LogP contribution in [0.15, 0.2) is 65.9 Å². The molecule has 0 atom stereocenters. The van der Waals surface area contributed by atoms with E-state index in [9.17, 15) is 9.59 Å². The smallest absolute Gasteiger partial charge is 0.259 e. The summed E-state index contributed by atoms with van der Waals surface area (Å²) in [6.45, 7) is 2.95. The zero-order valence-electron chi connectivity index (χ0n) is 19.9. The van der Waals surface area contributed by atoms with Crippen LogP contribution >= 0.6 is 0 Å². The molecule has 2 aromatic carbocycles. The van der Waals surface area contributed by atoms with Gasteiger partial charge in [0, 0.05) is 31.0 Å². The van der Waals surface area contributed by atoms with E-state index in [1.165, 1.54) is 18.2 Å². The molecule has 8 heteroatoms. The van der Waals surface area contributed by atoms with Gasteiger partial charge in [-0.05, 0) is 48.4 Å². The topological polar surface area (TPSA) is 87.1 Å². The number of methoxy groups -OCH3 is 1. The molecule has 0 aliphatic heterocycles. The number of anilines is 3. The van der Waals surface area contributed by atoms with Crippen molar-refractivity contribution in [3.8, 4) is 18.1 Å². The minimum Gasteiger partial charge on any atom is -0.495 e. The van der Waals surface area contributed by atoms with Gasteiger partial charge in [-0.2, -0.15) is 5.10 Å². The number of nitrogens with one attached hydrogen (secondary N) is 1. The number of pyridine rings is 1. The number of carbonyl (C=O) groups excluding carboxylic acids is 2. The van der Waals surface area contributed by atoms with Crippen LogP contribution in [0.4, 0.5) is 17.2 Å². The lowest BCUT2D eigenvalue weighted by Gasteiger charge is -2.23. The summed E-state index contributed by atoms with van der Waals surface area (Å²) in [7, 11) is 3.39. The van der Waals surface area contributed by atoms with Crippen LogP contribution in [0.2, 0.25) is 0 Å². The SMILES string of the molecule is C#Cc1ccc(NC(=O)c2cccc(OC)c2N(C=O)c2ccc(C=NN(C)CCC)cc2)nc1. The summed E-state index contributed by atoms with van der Waals surface area (Å²) >= 11 is 0. The summed E-state index contributed by atoms with van der Waals surface area (Å²) in [5.74, 6) is 2.73. The normalized spacial score (nSPS) is 10.5. The molecule has 0 saturated carbocycles. The summed E-state index contributed by atoms with van der Waals surface area (Å²) in [4.78, 5) is 30.9. The van der Waals surface area contributed by atoms with Gasteiger partial charge < -0.3 is 15.1 Å². The molecule has 0 fully saturated rings. The number of terminal acetylenes is 1. The molecule has 0 aliphatic rings.